The van der Waals surface area contributed by atoms with Crippen LogP contribution in [0.15, 0.2) is 0 Å². The fourth-order valence-corrected chi connectivity index (χ4v) is 1.90. The maximum absolute atomic E-state index is 9.27. The summed E-state index contributed by atoms with van der Waals surface area (Å²) in [5.41, 5.74) is 5.35. The second-order valence-electron chi connectivity index (χ2n) is 2.97. The van der Waals surface area contributed by atoms with Crippen LogP contribution >= 0.6 is 11.5 Å². The molecule has 2 unspecified atom stereocenters. The van der Waals surface area contributed by atoms with Gasteiger partial charge in [0.25, 0.3) is 0 Å². The molecule has 1 aromatic rings. The van der Waals surface area contributed by atoms with Crippen LogP contribution < -0.4 is 10.6 Å². The molecule has 0 saturated carbocycles. The molecule has 0 amide bonds. The molecule has 72 valence electrons. The second kappa shape index (κ2) is 3.09. The molecule has 2 rings (SSSR count). The zero-order valence-corrected chi connectivity index (χ0v) is 7.61. The van der Waals surface area contributed by atoms with Crippen molar-refractivity contribution in [1.29, 1.82) is 0 Å². The van der Waals surface area contributed by atoms with Crippen LogP contribution in [0.25, 0.3) is 0 Å². The summed E-state index contributed by atoms with van der Waals surface area (Å²) < 4.78 is 3.81. The Morgan fingerprint density at radius 3 is 2.46 bits per heavy atom. The van der Waals surface area contributed by atoms with E-state index in [4.69, 9.17) is 5.73 Å². The van der Waals surface area contributed by atoms with E-state index < -0.39 is 12.2 Å². The minimum Gasteiger partial charge on any atom is -0.389 e. The summed E-state index contributed by atoms with van der Waals surface area (Å²) in [7, 11) is 0. The maximum atomic E-state index is 9.27. The fourth-order valence-electron chi connectivity index (χ4n) is 1.28. The second-order valence-corrected chi connectivity index (χ2v) is 3.71. The third-order valence-electron chi connectivity index (χ3n) is 1.96. The highest BCUT2D eigenvalue weighted by atomic mass is 32.1. The fraction of sp³-hybridized carbons (Fsp3) is 0.667. The number of hydrogen-bond donors (Lipinski definition) is 3. The number of aliphatic hydroxyl groups is 2. The van der Waals surface area contributed by atoms with Gasteiger partial charge >= 0.3 is 0 Å². The number of nitrogens with two attached hydrogens (primary N) is 1. The van der Waals surface area contributed by atoms with Crippen LogP contribution in [0.4, 0.5) is 11.1 Å². The molecule has 0 radical (unpaired) electrons. The number of aliphatic hydroxyl groups excluding tert-OH is 2. The van der Waals surface area contributed by atoms with Gasteiger partial charge in [-0.2, -0.15) is 9.36 Å². The monoisotopic (exact) mass is 202 g/mol. The Kier molecular flexibility index (Phi) is 2.06. The van der Waals surface area contributed by atoms with E-state index in [1.807, 2.05) is 0 Å². The van der Waals surface area contributed by atoms with Crippen molar-refractivity contribution in [3.05, 3.63) is 0 Å². The molecule has 0 spiro atoms. The molecule has 0 aliphatic carbocycles. The van der Waals surface area contributed by atoms with Crippen LogP contribution in [0.2, 0.25) is 0 Å². The summed E-state index contributed by atoms with van der Waals surface area (Å²) in [4.78, 5) is 5.72. The van der Waals surface area contributed by atoms with Crippen molar-refractivity contribution >= 4 is 22.6 Å². The number of aromatic nitrogens is 2. The van der Waals surface area contributed by atoms with Crippen LogP contribution in [-0.4, -0.2) is 44.9 Å². The summed E-state index contributed by atoms with van der Waals surface area (Å²) in [6, 6.07) is 0. The van der Waals surface area contributed by atoms with E-state index in [1.54, 1.807) is 4.90 Å². The standard InChI is InChI=1S/C6H10N4O2S/c7-5-8-6(13-9-5)10-1-3(11)4(12)2-10/h3-4,11-12H,1-2H2,(H2,7,9). The average Bonchev–Trinajstić information content (AvgIpc) is 2.61. The van der Waals surface area contributed by atoms with Crippen molar-refractivity contribution < 1.29 is 10.2 Å². The lowest BCUT2D eigenvalue weighted by Crippen LogP contribution is -2.22. The number of hydrogen-bond acceptors (Lipinski definition) is 7. The molecule has 2 atom stereocenters. The molecule has 1 aromatic heterocycles. The van der Waals surface area contributed by atoms with Gasteiger partial charge in [-0.1, -0.05) is 0 Å². The minimum atomic E-state index is -0.704. The summed E-state index contributed by atoms with van der Waals surface area (Å²) in [5, 5.41) is 19.2. The van der Waals surface area contributed by atoms with Crippen LogP contribution in [0.1, 0.15) is 0 Å². The smallest absolute Gasteiger partial charge is 0.233 e. The number of nitrogens with zero attached hydrogens (tertiary/aromatic N) is 3. The summed E-state index contributed by atoms with van der Waals surface area (Å²) in [5.74, 6) is 0.232. The molecular weight excluding hydrogens is 192 g/mol. The van der Waals surface area contributed by atoms with E-state index in [0.29, 0.717) is 18.2 Å². The Bertz CT molecular complexity index is 295. The lowest BCUT2D eigenvalue weighted by Gasteiger charge is -2.11. The Morgan fingerprint density at radius 1 is 1.38 bits per heavy atom. The Morgan fingerprint density at radius 2 is 2.00 bits per heavy atom. The van der Waals surface area contributed by atoms with Crippen LogP contribution in [0.3, 0.4) is 0 Å². The predicted molar refractivity (Wildman–Crippen MR) is 48.5 cm³/mol. The highest BCUT2D eigenvalue weighted by Gasteiger charge is 2.31. The topological polar surface area (TPSA) is 95.5 Å². The Hall–Kier alpha value is -0.920. The zero-order chi connectivity index (χ0) is 9.42. The summed E-state index contributed by atoms with van der Waals surface area (Å²) in [6.45, 7) is 0.769. The van der Waals surface area contributed by atoms with Gasteiger partial charge in [0.05, 0.1) is 12.2 Å². The largest absolute Gasteiger partial charge is 0.389 e. The van der Waals surface area contributed by atoms with E-state index >= 15 is 0 Å². The summed E-state index contributed by atoms with van der Waals surface area (Å²) >= 11 is 1.17. The van der Waals surface area contributed by atoms with Gasteiger partial charge in [0.15, 0.2) is 0 Å². The first kappa shape index (κ1) is 8.67. The Balaban J connectivity index is 2.11. The SMILES string of the molecule is Nc1nsc(N2CC(O)C(O)C2)n1. The van der Waals surface area contributed by atoms with Gasteiger partial charge < -0.3 is 20.8 Å². The molecule has 4 N–H and O–H groups in total. The van der Waals surface area contributed by atoms with Gasteiger partial charge in [-0.05, 0) is 0 Å². The van der Waals surface area contributed by atoms with Crippen molar-refractivity contribution in [2.75, 3.05) is 23.7 Å². The maximum Gasteiger partial charge on any atom is 0.233 e. The van der Waals surface area contributed by atoms with Gasteiger partial charge in [-0.25, -0.2) is 0 Å². The third-order valence-corrected chi connectivity index (χ3v) is 2.75. The molecule has 1 saturated heterocycles. The molecule has 0 bridgehead atoms. The number of anilines is 2. The van der Waals surface area contributed by atoms with Crippen LogP contribution in [-0.2, 0) is 0 Å². The van der Waals surface area contributed by atoms with Crippen LogP contribution in [0.5, 0.6) is 0 Å². The molecule has 1 fully saturated rings. The highest BCUT2D eigenvalue weighted by molar-refractivity contribution is 7.09. The van der Waals surface area contributed by atoms with Gasteiger partial charge in [-0.3, -0.25) is 0 Å². The number of nitrogen functional groups attached to an aromatic ring is 1. The van der Waals surface area contributed by atoms with E-state index in [2.05, 4.69) is 9.36 Å². The van der Waals surface area contributed by atoms with Crippen LogP contribution in [0, 0.1) is 0 Å². The molecule has 2 heterocycles. The highest BCUT2D eigenvalue weighted by Crippen LogP contribution is 2.22. The zero-order valence-electron chi connectivity index (χ0n) is 6.79. The van der Waals surface area contributed by atoms with Gasteiger partial charge in [0, 0.05) is 24.6 Å². The van der Waals surface area contributed by atoms with Crippen molar-refractivity contribution in [3.63, 3.8) is 0 Å². The summed E-state index contributed by atoms with van der Waals surface area (Å²) in [6.07, 6.45) is -1.41. The average molecular weight is 202 g/mol. The lowest BCUT2D eigenvalue weighted by molar-refractivity contribution is 0.0572. The third kappa shape index (κ3) is 1.58. The molecule has 1 aliphatic rings. The molecule has 7 heteroatoms. The molecule has 0 aromatic carbocycles. The van der Waals surface area contributed by atoms with Gasteiger partial charge in [0.1, 0.15) is 0 Å². The van der Waals surface area contributed by atoms with Gasteiger partial charge in [-0.15, -0.1) is 0 Å². The molecule has 13 heavy (non-hydrogen) atoms. The van der Waals surface area contributed by atoms with Crippen molar-refractivity contribution in [3.8, 4) is 0 Å². The quantitative estimate of drug-likeness (QED) is 0.522. The first-order valence-electron chi connectivity index (χ1n) is 3.87. The predicted octanol–water partition coefficient (Wildman–Crippen LogP) is -1.34. The van der Waals surface area contributed by atoms with E-state index in [1.165, 1.54) is 11.5 Å². The molecule has 6 nitrogen and oxygen atoms in total. The number of β-amino-alcohol motifs (C(OH)–C–C–N with tert-alkyl or cyclic N) is 2. The number of rotatable bonds is 1. The van der Waals surface area contributed by atoms with E-state index in [0.717, 1.165) is 0 Å². The van der Waals surface area contributed by atoms with E-state index in [-0.39, 0.29) is 5.95 Å². The normalized spacial score (nSPS) is 28.3. The lowest BCUT2D eigenvalue weighted by atomic mass is 10.3. The molecule has 1 aliphatic heterocycles. The van der Waals surface area contributed by atoms with Crippen molar-refractivity contribution in [1.82, 2.24) is 9.36 Å². The van der Waals surface area contributed by atoms with Gasteiger partial charge in [0.2, 0.25) is 11.1 Å². The van der Waals surface area contributed by atoms with Crippen molar-refractivity contribution in [2.24, 2.45) is 0 Å². The molecular formula is C6H10N4O2S. The van der Waals surface area contributed by atoms with Crippen molar-refractivity contribution in [2.45, 2.75) is 12.2 Å². The minimum absolute atomic E-state index is 0.232. The first-order chi connectivity index (χ1) is 6.16. The van der Waals surface area contributed by atoms with E-state index in [9.17, 15) is 10.2 Å². The first-order valence-corrected chi connectivity index (χ1v) is 4.64. The Labute approximate surface area is 78.8 Å².